The summed E-state index contributed by atoms with van der Waals surface area (Å²) in [6.45, 7) is 9.58. The summed E-state index contributed by atoms with van der Waals surface area (Å²) in [5.41, 5.74) is 12.0. The molecule has 0 unspecified atom stereocenters. The number of nitriles is 1. The summed E-state index contributed by atoms with van der Waals surface area (Å²) in [7, 11) is 0. The van der Waals surface area contributed by atoms with Gasteiger partial charge in [-0.3, -0.25) is 0 Å². The van der Waals surface area contributed by atoms with E-state index in [0.29, 0.717) is 44.9 Å². The first-order chi connectivity index (χ1) is 42.2. The summed E-state index contributed by atoms with van der Waals surface area (Å²) < 4.78 is 59.6. The van der Waals surface area contributed by atoms with E-state index in [1.165, 1.54) is 0 Å². The van der Waals surface area contributed by atoms with Gasteiger partial charge in [0.05, 0.1) is 61.8 Å². The Kier molecular flexibility index (Phi) is 8.77. The second-order valence-electron chi connectivity index (χ2n) is 20.4. The van der Waals surface area contributed by atoms with Crippen molar-refractivity contribution in [3.05, 3.63) is 260 Å². The maximum Gasteiger partial charge on any atom is 0.220 e. The Bertz CT molecular complexity index is 5910. The minimum atomic E-state index is -0.451. The molecule has 0 aliphatic heterocycles. The van der Waals surface area contributed by atoms with Gasteiger partial charge in [0, 0.05) is 80.0 Å². The number of nitrogens with zero attached hydrogens (tertiary/aromatic N) is 4. The number of para-hydroxylation sites is 3. The smallest absolute Gasteiger partial charge is 0.220 e. The Morgan fingerprint density at radius 2 is 1.05 bits per heavy atom. The summed E-state index contributed by atoms with van der Waals surface area (Å²) >= 11 is 3.28. The van der Waals surface area contributed by atoms with Crippen molar-refractivity contribution in [1.82, 2.24) is 9.13 Å². The monoisotopic (exact) mass is 1070 g/mol. The highest BCUT2D eigenvalue weighted by Crippen LogP contribution is 2.55. The minimum absolute atomic E-state index is 0.127. The van der Waals surface area contributed by atoms with Crippen molar-refractivity contribution in [2.45, 2.75) is 0 Å². The predicted octanol–water partition coefficient (Wildman–Crippen LogP) is 21.6. The van der Waals surface area contributed by atoms with Crippen LogP contribution >= 0.6 is 22.7 Å². The van der Waals surface area contributed by atoms with Crippen molar-refractivity contribution >= 4 is 134 Å². The number of aromatic nitrogens is 2. The van der Waals surface area contributed by atoms with E-state index in [0.717, 1.165) is 123 Å². The number of hydrogen-bond donors (Lipinski definition) is 0. The van der Waals surface area contributed by atoms with Gasteiger partial charge in [-0.2, -0.15) is 5.26 Å². The van der Waals surface area contributed by atoms with Crippen molar-refractivity contribution in [3.8, 4) is 62.0 Å². The van der Waals surface area contributed by atoms with E-state index in [-0.39, 0.29) is 17.6 Å². The zero-order valence-electron chi connectivity index (χ0n) is 47.7. The fourth-order valence-electron chi connectivity index (χ4n) is 12.9. The minimum Gasteiger partial charge on any atom is -0.455 e. The third kappa shape index (κ3) is 6.45. The van der Waals surface area contributed by atoms with Crippen LogP contribution in [-0.4, -0.2) is 9.13 Å². The standard InChI is InChI=1S/C74H40N4OS2/c1-76-67-64(44-21-7-3-8-22-44)58(42-75)68(78-69-53(37-39-56-52-27-13-16-33-62(52)80-73(56)69)54-38-40-57-66-47(43-19-5-2-6-20-43)28-18-34-63(66)81-74(57)70(54)78)65(45-23-9-4-10-24-45)71(67)77-59-31-14-11-25-49(59)50-36-35-46(41-60(50)77)48-29-17-30-55-51-26-12-15-32-61(51)79-72(48)55/h2-41H/i2D,5D,6D,19D,20D. The van der Waals surface area contributed by atoms with Crippen LogP contribution in [0.2, 0.25) is 0 Å². The molecule has 5 aromatic heterocycles. The van der Waals surface area contributed by atoms with Crippen LogP contribution in [0.25, 0.3) is 167 Å². The summed E-state index contributed by atoms with van der Waals surface area (Å²) in [6.07, 6.45) is 0. The summed E-state index contributed by atoms with van der Waals surface area (Å²) in [4.78, 5) is 4.62. The Morgan fingerprint density at radius 1 is 0.457 bits per heavy atom. The lowest BCUT2D eigenvalue weighted by atomic mass is 9.88. The largest absolute Gasteiger partial charge is 0.455 e. The van der Waals surface area contributed by atoms with Crippen molar-refractivity contribution in [2.24, 2.45) is 0 Å². The predicted molar refractivity (Wildman–Crippen MR) is 341 cm³/mol. The number of hydrogen-bond acceptors (Lipinski definition) is 4. The van der Waals surface area contributed by atoms with E-state index in [2.05, 4.69) is 141 Å². The van der Waals surface area contributed by atoms with Crippen LogP contribution in [0.4, 0.5) is 5.69 Å². The molecule has 0 radical (unpaired) electrons. The molecule has 5 nitrogen and oxygen atoms in total. The Balaban J connectivity index is 1.10. The molecule has 0 bridgehead atoms. The first-order valence-corrected chi connectivity index (χ1v) is 28.2. The summed E-state index contributed by atoms with van der Waals surface area (Å²) in [5.74, 6) is 0. The number of fused-ring (bicyclic) bond motifs is 17. The van der Waals surface area contributed by atoms with Gasteiger partial charge in [0.15, 0.2) is 0 Å². The molecule has 12 aromatic carbocycles. The Hall–Kier alpha value is -10.5. The fourth-order valence-corrected chi connectivity index (χ4v) is 15.5. The van der Waals surface area contributed by atoms with E-state index in [1.54, 1.807) is 22.7 Å². The first kappa shape index (κ1) is 40.6. The highest BCUT2D eigenvalue weighted by molar-refractivity contribution is 7.27. The lowest BCUT2D eigenvalue weighted by Gasteiger charge is -2.26. The topological polar surface area (TPSA) is 51.1 Å². The van der Waals surface area contributed by atoms with Crippen molar-refractivity contribution in [2.75, 3.05) is 0 Å². The maximum atomic E-state index is 12.4. The third-order valence-corrected chi connectivity index (χ3v) is 18.6. The van der Waals surface area contributed by atoms with Gasteiger partial charge >= 0.3 is 0 Å². The first-order valence-electron chi connectivity index (χ1n) is 29.1. The number of thiophene rings is 2. The molecule has 0 spiro atoms. The number of furan rings is 1. The summed E-state index contributed by atoms with van der Waals surface area (Å²) in [6, 6.07) is 73.1. The van der Waals surface area contributed by atoms with Gasteiger partial charge in [0.25, 0.3) is 0 Å². The molecule has 0 aliphatic carbocycles. The average molecular weight is 1070 g/mol. The lowest BCUT2D eigenvalue weighted by molar-refractivity contribution is 0.670. The quantitative estimate of drug-likeness (QED) is 0.156. The van der Waals surface area contributed by atoms with Gasteiger partial charge in [0.2, 0.25) is 5.69 Å². The van der Waals surface area contributed by atoms with E-state index in [4.69, 9.17) is 8.53 Å². The molecule has 17 rings (SSSR count). The molecule has 5 heterocycles. The molecule has 7 heteroatoms. The number of benzene rings is 12. The van der Waals surface area contributed by atoms with Crippen molar-refractivity contribution in [3.63, 3.8) is 0 Å². The molecule has 0 amide bonds. The lowest BCUT2D eigenvalue weighted by Crippen LogP contribution is -2.09. The number of rotatable bonds is 6. The highest BCUT2D eigenvalue weighted by Gasteiger charge is 2.33. The van der Waals surface area contributed by atoms with E-state index in [9.17, 15) is 14.6 Å². The zero-order chi connectivity index (χ0) is 57.8. The summed E-state index contributed by atoms with van der Waals surface area (Å²) in [5, 5.41) is 22.1. The van der Waals surface area contributed by atoms with Crippen LogP contribution in [-0.2, 0) is 0 Å². The Labute approximate surface area is 478 Å². The molecule has 0 saturated carbocycles. The van der Waals surface area contributed by atoms with Crippen LogP contribution in [0, 0.1) is 17.9 Å². The molecular formula is C74H40N4OS2. The maximum absolute atomic E-state index is 12.4. The van der Waals surface area contributed by atoms with Gasteiger partial charge < -0.3 is 13.6 Å². The molecular weight excluding hydrogens is 1020 g/mol. The van der Waals surface area contributed by atoms with Gasteiger partial charge in [-0.15, -0.1) is 22.7 Å². The molecule has 0 fully saturated rings. The highest BCUT2D eigenvalue weighted by atomic mass is 32.1. The van der Waals surface area contributed by atoms with E-state index >= 15 is 0 Å². The SMILES string of the molecule is [2H]c1c([2H])c([2H])c(-c2cccc3sc4c(ccc5c6ccc7c8ccccc8sc7c6n(-c6c(C#N)c(-c7ccccc7)c([N+]#[C-])c(-n7c8ccccc8c8ccc(-c9cccc%10c9oc9ccccc9%10)cc87)c6-c6ccccc6)c54)c23)c([2H])c1[2H]. The van der Waals surface area contributed by atoms with Crippen LogP contribution in [0.1, 0.15) is 12.4 Å². The molecule has 0 N–H and O–H groups in total. The molecule has 17 aromatic rings. The zero-order valence-corrected chi connectivity index (χ0v) is 44.4. The second-order valence-corrected chi connectivity index (χ2v) is 22.5. The van der Waals surface area contributed by atoms with Crippen LogP contribution in [0.15, 0.2) is 247 Å². The Morgan fingerprint density at radius 3 is 1.83 bits per heavy atom. The van der Waals surface area contributed by atoms with E-state index < -0.39 is 18.1 Å². The second kappa shape index (κ2) is 17.5. The van der Waals surface area contributed by atoms with Gasteiger partial charge in [-0.1, -0.05) is 212 Å². The van der Waals surface area contributed by atoms with Gasteiger partial charge in [-0.25, -0.2) is 4.85 Å². The van der Waals surface area contributed by atoms with Crippen molar-refractivity contribution < 1.29 is 11.3 Å². The third-order valence-electron chi connectivity index (χ3n) is 16.3. The molecule has 0 aliphatic rings. The fraction of sp³-hybridized carbons (Fsp3) is 0. The molecule has 374 valence electrons. The normalized spacial score (nSPS) is 12.8. The molecule has 0 saturated heterocycles. The van der Waals surface area contributed by atoms with Crippen molar-refractivity contribution in [1.29, 1.82) is 5.26 Å². The van der Waals surface area contributed by atoms with Crippen LogP contribution in [0.3, 0.4) is 0 Å². The van der Waals surface area contributed by atoms with Crippen LogP contribution < -0.4 is 0 Å². The molecule has 0 atom stereocenters. The molecule has 81 heavy (non-hydrogen) atoms. The van der Waals surface area contributed by atoms with E-state index in [1.807, 2.05) is 91.0 Å². The van der Waals surface area contributed by atoms with Gasteiger partial charge in [-0.05, 0) is 58.1 Å². The van der Waals surface area contributed by atoms with Crippen LogP contribution in [0.5, 0.6) is 0 Å². The average Bonchev–Trinajstić information content (AvgIpc) is 1.52. The van der Waals surface area contributed by atoms with Gasteiger partial charge in [0.1, 0.15) is 17.2 Å².